The minimum Gasteiger partial charge on any atom is -0.493 e. The van der Waals surface area contributed by atoms with Crippen LogP contribution in [-0.4, -0.2) is 61.2 Å². The van der Waals surface area contributed by atoms with Crippen molar-refractivity contribution in [2.45, 2.75) is 26.0 Å². The van der Waals surface area contributed by atoms with Gasteiger partial charge in [0.1, 0.15) is 5.82 Å². The zero-order valence-corrected chi connectivity index (χ0v) is 19.3. The molecule has 4 aromatic rings. The Morgan fingerprint density at radius 1 is 1.23 bits per heavy atom. The average Bonchev–Trinajstić information content (AvgIpc) is 3.36. The van der Waals surface area contributed by atoms with E-state index < -0.39 is 11.9 Å². The molecule has 1 atom stereocenters. The standard InChI is InChI=1S/C24H24FN7O3/c1-15-19-5-6-30(14-26)7-8-31(19)29-23(15)16-9-20(24-21(34-2)11-28-32(24)12-16)35-22(13-33)18-4-3-17(25)10-27-18/h3-4,9-12,22,33H,5-8,13H2,1-2H3. The lowest BCUT2D eigenvalue weighted by atomic mass is 10.1. The lowest BCUT2D eigenvalue weighted by molar-refractivity contribution is 0.114. The van der Waals surface area contributed by atoms with Crippen LogP contribution in [0.5, 0.6) is 11.5 Å². The summed E-state index contributed by atoms with van der Waals surface area (Å²) in [5.74, 6) is 0.449. The number of hydrogen-bond donors (Lipinski definition) is 1. The molecule has 0 fully saturated rings. The normalized spacial score (nSPS) is 14.3. The molecule has 180 valence electrons. The van der Waals surface area contributed by atoms with Crippen molar-refractivity contribution < 1.29 is 19.0 Å². The average molecular weight is 478 g/mol. The SMILES string of the molecule is COc1cnn2cc(-c3nn4c(c3C)CCN(C#N)CC4)cc(OC(CO)c3ccc(F)cn3)c12. The molecule has 4 aromatic heterocycles. The fourth-order valence-corrected chi connectivity index (χ4v) is 4.38. The molecule has 0 spiro atoms. The van der Waals surface area contributed by atoms with Crippen LogP contribution < -0.4 is 9.47 Å². The van der Waals surface area contributed by atoms with Gasteiger partial charge >= 0.3 is 0 Å². The number of hydrogen-bond acceptors (Lipinski definition) is 8. The van der Waals surface area contributed by atoms with Crippen molar-refractivity contribution in [1.82, 2.24) is 29.3 Å². The number of nitrogens with zero attached hydrogens (tertiary/aromatic N) is 7. The van der Waals surface area contributed by atoms with Crippen molar-refractivity contribution in [2.75, 3.05) is 26.8 Å². The number of ether oxygens (including phenoxy) is 2. The molecule has 0 radical (unpaired) electrons. The van der Waals surface area contributed by atoms with E-state index in [0.29, 0.717) is 42.3 Å². The Balaban J connectivity index is 1.58. The Labute approximate surface area is 200 Å². The summed E-state index contributed by atoms with van der Waals surface area (Å²) in [5.41, 5.74) is 4.64. The first-order valence-corrected chi connectivity index (χ1v) is 11.2. The predicted molar refractivity (Wildman–Crippen MR) is 123 cm³/mol. The second kappa shape index (κ2) is 9.23. The number of fused-ring (bicyclic) bond motifs is 2. The van der Waals surface area contributed by atoms with Gasteiger partial charge in [-0.25, -0.2) is 8.91 Å². The van der Waals surface area contributed by atoms with Crippen molar-refractivity contribution in [2.24, 2.45) is 0 Å². The van der Waals surface area contributed by atoms with E-state index in [9.17, 15) is 14.8 Å². The monoisotopic (exact) mass is 477 g/mol. The van der Waals surface area contributed by atoms with Crippen molar-refractivity contribution in [3.05, 3.63) is 59.6 Å². The van der Waals surface area contributed by atoms with E-state index in [0.717, 1.165) is 35.1 Å². The molecular formula is C24H24FN7O3. The van der Waals surface area contributed by atoms with Gasteiger partial charge in [0, 0.05) is 37.0 Å². The second-order valence-electron chi connectivity index (χ2n) is 8.27. The highest BCUT2D eigenvalue weighted by Crippen LogP contribution is 2.37. The van der Waals surface area contributed by atoms with Crippen LogP contribution in [0.4, 0.5) is 4.39 Å². The number of aliphatic hydroxyl groups excluding tert-OH is 1. The lowest BCUT2D eigenvalue weighted by Crippen LogP contribution is -2.21. The van der Waals surface area contributed by atoms with E-state index >= 15 is 0 Å². The van der Waals surface area contributed by atoms with Crippen LogP contribution in [0, 0.1) is 24.2 Å². The Morgan fingerprint density at radius 2 is 2.09 bits per heavy atom. The molecule has 0 saturated heterocycles. The predicted octanol–water partition coefficient (Wildman–Crippen LogP) is 2.50. The Bertz CT molecular complexity index is 1410. The van der Waals surface area contributed by atoms with E-state index in [1.165, 1.54) is 12.1 Å². The van der Waals surface area contributed by atoms with Gasteiger partial charge in [-0.2, -0.15) is 15.5 Å². The maximum Gasteiger partial charge on any atom is 0.179 e. The molecule has 0 saturated carbocycles. The largest absolute Gasteiger partial charge is 0.493 e. The van der Waals surface area contributed by atoms with Crippen molar-refractivity contribution in [3.63, 3.8) is 0 Å². The molecule has 10 nitrogen and oxygen atoms in total. The Morgan fingerprint density at radius 3 is 2.80 bits per heavy atom. The van der Waals surface area contributed by atoms with Crippen molar-refractivity contribution in [3.8, 4) is 28.9 Å². The van der Waals surface area contributed by atoms with Crippen molar-refractivity contribution >= 4 is 5.52 Å². The number of rotatable bonds is 6. The highest BCUT2D eigenvalue weighted by Gasteiger charge is 2.24. The Hall–Kier alpha value is -4.17. The summed E-state index contributed by atoms with van der Waals surface area (Å²) in [7, 11) is 1.54. The first kappa shape index (κ1) is 22.6. The van der Waals surface area contributed by atoms with Crippen LogP contribution in [0.1, 0.15) is 23.1 Å². The number of methoxy groups -OCH3 is 1. The minimum atomic E-state index is -0.828. The molecule has 5 heterocycles. The summed E-state index contributed by atoms with van der Waals surface area (Å²) < 4.78 is 28.6. The smallest absolute Gasteiger partial charge is 0.179 e. The van der Waals surface area contributed by atoms with Gasteiger partial charge in [-0.05, 0) is 30.7 Å². The molecule has 0 aliphatic carbocycles. The van der Waals surface area contributed by atoms with Gasteiger partial charge in [0.25, 0.3) is 0 Å². The third-order valence-electron chi connectivity index (χ3n) is 6.21. The van der Waals surface area contributed by atoms with E-state index in [1.807, 2.05) is 23.9 Å². The van der Waals surface area contributed by atoms with Crippen molar-refractivity contribution in [1.29, 1.82) is 5.26 Å². The molecule has 1 unspecified atom stereocenters. The summed E-state index contributed by atoms with van der Waals surface area (Å²) in [6.45, 7) is 3.53. The maximum atomic E-state index is 13.4. The van der Waals surface area contributed by atoms with Gasteiger partial charge in [0.2, 0.25) is 0 Å². The lowest BCUT2D eigenvalue weighted by Gasteiger charge is -2.18. The summed E-state index contributed by atoms with van der Waals surface area (Å²) >= 11 is 0. The molecule has 0 amide bonds. The number of aromatic nitrogens is 5. The fourth-order valence-electron chi connectivity index (χ4n) is 4.38. The van der Waals surface area contributed by atoms with Gasteiger partial charge in [0.15, 0.2) is 29.3 Å². The topological polar surface area (TPSA) is 114 Å². The molecule has 0 aromatic carbocycles. The number of halogens is 1. The quantitative estimate of drug-likeness (QED) is 0.422. The maximum absolute atomic E-state index is 13.4. The molecule has 1 N–H and O–H groups in total. The zero-order valence-electron chi connectivity index (χ0n) is 19.3. The van der Waals surface area contributed by atoms with Gasteiger partial charge < -0.3 is 19.5 Å². The summed E-state index contributed by atoms with van der Waals surface area (Å²) in [6, 6.07) is 4.59. The molecule has 1 aliphatic rings. The van der Waals surface area contributed by atoms with Gasteiger partial charge in [-0.3, -0.25) is 9.67 Å². The van der Waals surface area contributed by atoms with Gasteiger partial charge in [-0.1, -0.05) is 0 Å². The minimum absolute atomic E-state index is 0.362. The third kappa shape index (κ3) is 4.13. The molecule has 35 heavy (non-hydrogen) atoms. The summed E-state index contributed by atoms with van der Waals surface area (Å²) in [4.78, 5) is 5.80. The molecule has 11 heteroatoms. The second-order valence-corrected chi connectivity index (χ2v) is 8.27. The molecular weight excluding hydrogens is 453 g/mol. The summed E-state index contributed by atoms with van der Waals surface area (Å²) in [5, 5.41) is 28.5. The highest BCUT2D eigenvalue weighted by atomic mass is 19.1. The number of nitriles is 1. The van der Waals surface area contributed by atoms with Crippen LogP contribution >= 0.6 is 0 Å². The summed E-state index contributed by atoms with van der Waals surface area (Å²) in [6.07, 6.45) is 6.63. The van der Waals surface area contributed by atoms with Crippen LogP contribution in [0.2, 0.25) is 0 Å². The molecule has 0 bridgehead atoms. The third-order valence-corrected chi connectivity index (χ3v) is 6.21. The van der Waals surface area contributed by atoms with Crippen LogP contribution in [-0.2, 0) is 13.0 Å². The first-order chi connectivity index (χ1) is 17.0. The van der Waals surface area contributed by atoms with Gasteiger partial charge in [0.05, 0.1) is 44.0 Å². The highest BCUT2D eigenvalue weighted by molar-refractivity contribution is 5.75. The van der Waals surface area contributed by atoms with Crippen LogP contribution in [0.25, 0.3) is 16.8 Å². The van der Waals surface area contributed by atoms with Gasteiger partial charge in [-0.15, -0.1) is 0 Å². The number of aliphatic hydroxyl groups is 1. The van der Waals surface area contributed by atoms with Crippen LogP contribution in [0.15, 0.2) is 36.8 Å². The fraction of sp³-hybridized carbons (Fsp3) is 0.333. The Kier molecular flexibility index (Phi) is 5.96. The number of pyridine rings is 2. The van der Waals surface area contributed by atoms with E-state index in [4.69, 9.17) is 14.6 Å². The van der Waals surface area contributed by atoms with E-state index in [-0.39, 0.29) is 6.61 Å². The molecule has 1 aliphatic heterocycles. The van der Waals surface area contributed by atoms with E-state index in [1.54, 1.807) is 22.7 Å². The van der Waals surface area contributed by atoms with Crippen LogP contribution in [0.3, 0.4) is 0 Å². The first-order valence-electron chi connectivity index (χ1n) is 11.2. The zero-order chi connectivity index (χ0) is 24.5. The molecule has 5 rings (SSSR count). The van der Waals surface area contributed by atoms with E-state index in [2.05, 4.69) is 16.3 Å².